The summed E-state index contributed by atoms with van der Waals surface area (Å²) in [4.78, 5) is 51.5. The monoisotopic (exact) mass is 938 g/mol. The molecule has 0 rings (SSSR count). The zero-order chi connectivity index (χ0) is 38.4. The fraction of sp³-hybridized carbons (Fsp3) is 0.800. The van der Waals surface area contributed by atoms with Gasteiger partial charge in [0.05, 0.1) is 0 Å². The Morgan fingerprint density at radius 1 is 0.451 bits per heavy atom. The number of esters is 2. The summed E-state index contributed by atoms with van der Waals surface area (Å²) in [7, 11) is 0. The van der Waals surface area contributed by atoms with Crippen molar-refractivity contribution >= 4 is 62.3 Å². The second-order valence-electron chi connectivity index (χ2n) is 14.7. The van der Waals surface area contributed by atoms with Crippen LogP contribution in [0, 0.1) is 11.8 Å². The Balaban J connectivity index is 5.96. The average Bonchev–Trinajstić information content (AvgIpc) is 3.09. The van der Waals surface area contributed by atoms with Crippen molar-refractivity contribution in [1.82, 2.24) is 0 Å². The number of carbonyl (C=O) groups excluding carboxylic acids is 4. The number of ether oxygens (including phenoxy) is 2. The SMILES string of the molecule is CCC[CH2][Sn]([CH2]CCC)([O]C(=O)/C=C/C(=O)OCCCCCC(C)C)[O][Sn]([CH2]CCC)([CH2]CCC)[O]C(=O)/C=C/C(=O)OCCCCCC(C)C. The van der Waals surface area contributed by atoms with Crippen molar-refractivity contribution in [3.8, 4) is 0 Å². The molecule has 0 radical (unpaired) electrons. The first kappa shape index (κ1) is 49.9. The van der Waals surface area contributed by atoms with E-state index >= 15 is 0 Å². The molecule has 0 atom stereocenters. The molecule has 11 heteroatoms. The summed E-state index contributed by atoms with van der Waals surface area (Å²) in [6.07, 6.45) is 19.6. The van der Waals surface area contributed by atoms with Gasteiger partial charge in [0.15, 0.2) is 0 Å². The predicted octanol–water partition coefficient (Wildman–Crippen LogP) is 10.8. The summed E-state index contributed by atoms with van der Waals surface area (Å²) >= 11 is -8.52. The van der Waals surface area contributed by atoms with Gasteiger partial charge in [0.1, 0.15) is 0 Å². The van der Waals surface area contributed by atoms with E-state index in [2.05, 4.69) is 55.4 Å². The molecule has 0 aliphatic heterocycles. The predicted molar refractivity (Wildman–Crippen MR) is 210 cm³/mol. The molecule has 51 heavy (non-hydrogen) atoms. The van der Waals surface area contributed by atoms with Crippen molar-refractivity contribution in [3.05, 3.63) is 24.3 Å². The van der Waals surface area contributed by atoms with Crippen LogP contribution in [0.2, 0.25) is 17.7 Å². The maximum absolute atomic E-state index is 13.4. The molecule has 0 fully saturated rings. The normalized spacial score (nSPS) is 12.3. The van der Waals surface area contributed by atoms with E-state index in [1.165, 1.54) is 0 Å². The van der Waals surface area contributed by atoms with Gasteiger partial charge in [-0.1, -0.05) is 27.7 Å². The molecular formula is C40H74O9Sn2. The van der Waals surface area contributed by atoms with Crippen molar-refractivity contribution in [2.75, 3.05) is 13.2 Å². The van der Waals surface area contributed by atoms with Crippen molar-refractivity contribution < 1.29 is 36.2 Å². The van der Waals surface area contributed by atoms with Crippen LogP contribution in [-0.2, 0) is 36.2 Å². The third-order valence-electron chi connectivity index (χ3n) is 8.64. The van der Waals surface area contributed by atoms with Crippen LogP contribution in [-0.4, -0.2) is 75.5 Å². The summed E-state index contributed by atoms with van der Waals surface area (Å²) in [6.45, 7) is 17.8. The van der Waals surface area contributed by atoms with Gasteiger partial charge in [0.25, 0.3) is 0 Å². The first-order valence-corrected chi connectivity index (χ1v) is 33.0. The van der Waals surface area contributed by atoms with Crippen LogP contribution < -0.4 is 0 Å². The van der Waals surface area contributed by atoms with Gasteiger partial charge in [0, 0.05) is 0 Å². The smallest absolute Gasteiger partial charge is 0.0628 e. The minimum Gasteiger partial charge on any atom is -0.0628 e. The van der Waals surface area contributed by atoms with Gasteiger partial charge in [-0.3, -0.25) is 0 Å². The molecule has 0 N–H and O–H groups in total. The van der Waals surface area contributed by atoms with Crippen molar-refractivity contribution in [1.29, 1.82) is 0 Å². The van der Waals surface area contributed by atoms with Crippen LogP contribution in [0.1, 0.15) is 158 Å². The van der Waals surface area contributed by atoms with Crippen molar-refractivity contribution in [3.63, 3.8) is 0 Å². The number of rotatable bonds is 32. The van der Waals surface area contributed by atoms with E-state index in [4.69, 9.17) is 17.0 Å². The molecular weight excluding hydrogens is 862 g/mol. The fourth-order valence-electron chi connectivity index (χ4n) is 5.63. The molecule has 0 unspecified atom stereocenters. The van der Waals surface area contributed by atoms with Crippen LogP contribution in [0.4, 0.5) is 0 Å². The van der Waals surface area contributed by atoms with E-state index in [0.717, 1.165) is 127 Å². The zero-order valence-electron chi connectivity index (χ0n) is 33.7. The summed E-state index contributed by atoms with van der Waals surface area (Å²) in [5.74, 6) is -1.02. The third kappa shape index (κ3) is 27.2. The van der Waals surface area contributed by atoms with Crippen molar-refractivity contribution in [2.24, 2.45) is 11.8 Å². The molecule has 0 aromatic rings. The van der Waals surface area contributed by atoms with Gasteiger partial charge in [-0.05, 0) is 0 Å². The Hall–Kier alpha value is -1.08. The molecule has 0 aromatic carbocycles. The number of hydrogen-bond acceptors (Lipinski definition) is 9. The van der Waals surface area contributed by atoms with Crippen LogP contribution in [0.3, 0.4) is 0 Å². The van der Waals surface area contributed by atoms with Crippen LogP contribution in [0.5, 0.6) is 0 Å². The molecule has 0 saturated carbocycles. The van der Waals surface area contributed by atoms with Crippen LogP contribution >= 0.6 is 0 Å². The Morgan fingerprint density at radius 3 is 1.06 bits per heavy atom. The van der Waals surface area contributed by atoms with Crippen LogP contribution in [0.25, 0.3) is 0 Å². The summed E-state index contributed by atoms with van der Waals surface area (Å²) in [6, 6.07) is 0. The Bertz CT molecular complexity index is 916. The molecule has 9 nitrogen and oxygen atoms in total. The number of carbonyl (C=O) groups is 4. The zero-order valence-corrected chi connectivity index (χ0v) is 39.4. The molecule has 0 spiro atoms. The summed E-state index contributed by atoms with van der Waals surface area (Å²) in [5, 5.41) is 0. The minimum absolute atomic E-state index is 0.317. The third-order valence-corrected chi connectivity index (χ3v) is 41.0. The second-order valence-corrected chi connectivity index (χ2v) is 36.4. The summed E-state index contributed by atoms with van der Waals surface area (Å²) < 4.78 is 33.3. The Morgan fingerprint density at radius 2 is 0.765 bits per heavy atom. The standard InChI is InChI=1S/2C12H20O4.4C4H9.O.2Sn/c2*1-10(2)6-4-3-5-9-16-12(15)8-7-11(13)14;4*1-3-4-2;;;/h2*7-8,10H,3-6,9H2,1-2H3,(H,13,14);4*1,3-4H2,2H3;;;/q;;;;;;;2*+1/p-2/b2*8-7+;;;;;;;. The van der Waals surface area contributed by atoms with Gasteiger partial charge in [-0.15, -0.1) is 0 Å². The van der Waals surface area contributed by atoms with Crippen LogP contribution in [0.15, 0.2) is 24.3 Å². The molecule has 0 saturated heterocycles. The second kappa shape index (κ2) is 31.3. The molecule has 0 aliphatic rings. The fourth-order valence-corrected chi connectivity index (χ4v) is 46.6. The van der Waals surface area contributed by atoms with Gasteiger partial charge in [0.2, 0.25) is 0 Å². The maximum atomic E-state index is 13.4. The molecule has 0 aliphatic carbocycles. The molecule has 0 bridgehead atoms. The molecule has 0 heterocycles. The van der Waals surface area contributed by atoms with E-state index in [0.29, 0.717) is 42.8 Å². The Kier molecular flexibility index (Phi) is 30.6. The number of unbranched alkanes of at least 4 members (excludes halogenated alkanes) is 8. The van der Waals surface area contributed by atoms with Gasteiger partial charge < -0.3 is 0 Å². The number of hydrogen-bond donors (Lipinski definition) is 0. The van der Waals surface area contributed by atoms with E-state index in [1.807, 2.05) is 0 Å². The molecule has 296 valence electrons. The van der Waals surface area contributed by atoms with E-state index in [9.17, 15) is 19.2 Å². The van der Waals surface area contributed by atoms with E-state index in [1.54, 1.807) is 0 Å². The van der Waals surface area contributed by atoms with Crippen molar-refractivity contribution in [2.45, 2.75) is 176 Å². The Labute approximate surface area is 321 Å². The summed E-state index contributed by atoms with van der Waals surface area (Å²) in [5.41, 5.74) is 0. The molecule has 0 aromatic heterocycles. The molecule has 0 amide bonds. The van der Waals surface area contributed by atoms with Gasteiger partial charge in [-0.25, -0.2) is 0 Å². The topological polar surface area (TPSA) is 114 Å². The average molecular weight is 936 g/mol. The first-order valence-electron chi connectivity index (χ1n) is 20.2. The van der Waals surface area contributed by atoms with E-state index in [-0.39, 0.29) is 0 Å². The quantitative estimate of drug-likeness (QED) is 0.0281. The minimum atomic E-state index is -4.26. The van der Waals surface area contributed by atoms with E-state index < -0.39 is 62.3 Å². The van der Waals surface area contributed by atoms with Gasteiger partial charge in [-0.2, -0.15) is 0 Å². The van der Waals surface area contributed by atoms with Gasteiger partial charge >= 0.3 is 296 Å². The first-order chi connectivity index (χ1) is 24.4.